The second-order valence-electron chi connectivity index (χ2n) is 4.37. The van der Waals surface area contributed by atoms with Crippen molar-refractivity contribution >= 4 is 21.4 Å². The number of sulfonamides is 1. The van der Waals surface area contributed by atoms with E-state index in [2.05, 4.69) is 0 Å². The van der Waals surface area contributed by atoms with Gasteiger partial charge in [0.15, 0.2) is 0 Å². The Kier molecular flexibility index (Phi) is 3.87. The van der Waals surface area contributed by atoms with E-state index in [9.17, 15) is 13.5 Å². The fourth-order valence-electron chi connectivity index (χ4n) is 2.25. The summed E-state index contributed by atoms with van der Waals surface area (Å²) < 4.78 is 26.2. The lowest BCUT2D eigenvalue weighted by atomic mass is 9.93. The Labute approximate surface area is 106 Å². The summed E-state index contributed by atoms with van der Waals surface area (Å²) in [5, 5.41) is 11.6. The molecule has 0 amide bonds. The Morgan fingerprint density at radius 1 is 1.41 bits per heavy atom. The van der Waals surface area contributed by atoms with Crippen molar-refractivity contribution in [2.24, 2.45) is 0 Å². The zero-order valence-electron chi connectivity index (χ0n) is 9.74. The van der Waals surface area contributed by atoms with E-state index < -0.39 is 16.1 Å². The molecule has 1 saturated carbocycles. The molecule has 0 bridgehead atoms. The van der Waals surface area contributed by atoms with E-state index in [1.54, 1.807) is 24.6 Å². The average molecular weight is 275 g/mol. The monoisotopic (exact) mass is 275 g/mol. The molecule has 2 atom stereocenters. The van der Waals surface area contributed by atoms with Crippen LogP contribution in [0.2, 0.25) is 0 Å². The summed E-state index contributed by atoms with van der Waals surface area (Å²) in [5.41, 5.74) is 0. The van der Waals surface area contributed by atoms with Crippen LogP contribution >= 0.6 is 11.3 Å². The van der Waals surface area contributed by atoms with Crippen molar-refractivity contribution in [1.29, 1.82) is 0 Å². The lowest BCUT2D eigenvalue weighted by molar-refractivity contribution is 0.0638. The summed E-state index contributed by atoms with van der Waals surface area (Å²) >= 11 is 1.21. The van der Waals surface area contributed by atoms with Gasteiger partial charge in [-0.2, -0.15) is 4.31 Å². The van der Waals surface area contributed by atoms with Crippen LogP contribution in [0.4, 0.5) is 0 Å². The van der Waals surface area contributed by atoms with Gasteiger partial charge in [-0.25, -0.2) is 8.42 Å². The summed E-state index contributed by atoms with van der Waals surface area (Å²) in [6.07, 6.45) is 2.84. The maximum absolute atomic E-state index is 12.3. The maximum atomic E-state index is 12.3. The Morgan fingerprint density at radius 3 is 2.71 bits per heavy atom. The number of aliphatic hydroxyl groups excluding tert-OH is 1. The number of thiophene rings is 1. The third-order valence-electron chi connectivity index (χ3n) is 3.29. The first-order chi connectivity index (χ1) is 8.03. The van der Waals surface area contributed by atoms with Gasteiger partial charge >= 0.3 is 0 Å². The molecule has 1 fully saturated rings. The van der Waals surface area contributed by atoms with Crippen LogP contribution in [0.1, 0.15) is 25.7 Å². The molecule has 4 nitrogen and oxygen atoms in total. The molecule has 0 spiro atoms. The van der Waals surface area contributed by atoms with E-state index in [1.807, 2.05) is 0 Å². The van der Waals surface area contributed by atoms with Gasteiger partial charge in [0.2, 0.25) is 0 Å². The summed E-state index contributed by atoms with van der Waals surface area (Å²) in [6.45, 7) is 0. The minimum atomic E-state index is -3.44. The molecule has 1 N–H and O–H groups in total. The van der Waals surface area contributed by atoms with E-state index in [-0.39, 0.29) is 6.04 Å². The fraction of sp³-hybridized carbons (Fsp3) is 0.636. The third kappa shape index (κ3) is 2.54. The number of hydrogen-bond donors (Lipinski definition) is 1. The van der Waals surface area contributed by atoms with Gasteiger partial charge in [-0.15, -0.1) is 11.3 Å². The molecule has 1 heterocycles. The number of likely N-dealkylation sites (N-methyl/N-ethyl adjacent to an activating group) is 1. The van der Waals surface area contributed by atoms with Crippen molar-refractivity contribution < 1.29 is 13.5 Å². The van der Waals surface area contributed by atoms with Gasteiger partial charge < -0.3 is 5.11 Å². The predicted molar refractivity (Wildman–Crippen MR) is 67.5 cm³/mol. The van der Waals surface area contributed by atoms with Gasteiger partial charge in [-0.1, -0.05) is 18.9 Å². The molecule has 6 heteroatoms. The molecule has 0 radical (unpaired) electrons. The van der Waals surface area contributed by atoms with Crippen LogP contribution in [-0.4, -0.2) is 37.0 Å². The first-order valence-corrected chi connectivity index (χ1v) is 8.05. The van der Waals surface area contributed by atoms with Gasteiger partial charge in [-0.3, -0.25) is 0 Å². The lowest BCUT2D eigenvalue weighted by Crippen LogP contribution is -2.45. The highest BCUT2D eigenvalue weighted by molar-refractivity contribution is 7.91. The van der Waals surface area contributed by atoms with Gasteiger partial charge in [0, 0.05) is 7.05 Å². The standard InChI is InChI=1S/C11H17NO3S2/c1-12(9-5-2-3-6-10(9)13)17(14,15)11-7-4-8-16-11/h4,7-10,13H,2-3,5-6H2,1H3. The lowest BCUT2D eigenvalue weighted by Gasteiger charge is -2.34. The van der Waals surface area contributed by atoms with Gasteiger partial charge in [-0.05, 0) is 24.3 Å². The van der Waals surface area contributed by atoms with Gasteiger partial charge in [0.1, 0.15) is 4.21 Å². The van der Waals surface area contributed by atoms with Crippen LogP contribution in [0.25, 0.3) is 0 Å². The molecular formula is C11H17NO3S2. The van der Waals surface area contributed by atoms with Crippen LogP contribution in [0.3, 0.4) is 0 Å². The molecule has 2 rings (SSSR count). The second kappa shape index (κ2) is 5.06. The summed E-state index contributed by atoms with van der Waals surface area (Å²) in [7, 11) is -1.87. The largest absolute Gasteiger partial charge is 0.391 e. The fourth-order valence-corrected chi connectivity index (χ4v) is 4.84. The average Bonchev–Trinajstić information content (AvgIpc) is 2.83. The van der Waals surface area contributed by atoms with Crippen molar-refractivity contribution in [2.75, 3.05) is 7.05 Å². The van der Waals surface area contributed by atoms with Crippen molar-refractivity contribution in [1.82, 2.24) is 4.31 Å². The summed E-state index contributed by atoms with van der Waals surface area (Å²) in [4.78, 5) is 0. The molecule has 17 heavy (non-hydrogen) atoms. The first-order valence-electron chi connectivity index (χ1n) is 5.73. The molecule has 1 aliphatic rings. The quantitative estimate of drug-likeness (QED) is 0.913. The molecular weight excluding hydrogens is 258 g/mol. The molecule has 0 aromatic carbocycles. The first kappa shape index (κ1) is 13.0. The van der Waals surface area contributed by atoms with Crippen molar-refractivity contribution in [3.05, 3.63) is 17.5 Å². The normalized spacial score (nSPS) is 26.3. The molecule has 1 aliphatic carbocycles. The maximum Gasteiger partial charge on any atom is 0.252 e. The highest BCUT2D eigenvalue weighted by Crippen LogP contribution is 2.28. The van der Waals surface area contributed by atoms with Crippen molar-refractivity contribution in [3.63, 3.8) is 0 Å². The van der Waals surface area contributed by atoms with Crippen molar-refractivity contribution in [2.45, 2.75) is 42.0 Å². The Bertz CT molecular complexity index is 455. The topological polar surface area (TPSA) is 57.6 Å². The third-order valence-corrected chi connectivity index (χ3v) is 6.55. The van der Waals surface area contributed by atoms with Crippen molar-refractivity contribution in [3.8, 4) is 0 Å². The van der Waals surface area contributed by atoms with E-state index in [0.717, 1.165) is 19.3 Å². The summed E-state index contributed by atoms with van der Waals surface area (Å²) in [5.74, 6) is 0. The molecule has 0 saturated heterocycles. The van der Waals surface area contributed by atoms with Crippen LogP contribution < -0.4 is 0 Å². The minimum Gasteiger partial charge on any atom is -0.391 e. The van der Waals surface area contributed by atoms with E-state index in [4.69, 9.17) is 0 Å². The molecule has 1 aromatic rings. The van der Waals surface area contributed by atoms with Gasteiger partial charge in [0.25, 0.3) is 10.0 Å². The van der Waals surface area contributed by atoms with Crippen LogP contribution in [-0.2, 0) is 10.0 Å². The van der Waals surface area contributed by atoms with E-state index >= 15 is 0 Å². The highest BCUT2D eigenvalue weighted by atomic mass is 32.2. The van der Waals surface area contributed by atoms with Crippen LogP contribution in [0, 0.1) is 0 Å². The SMILES string of the molecule is CN(C1CCCCC1O)S(=O)(=O)c1cccs1. The molecule has 0 aliphatic heterocycles. The second-order valence-corrected chi connectivity index (χ2v) is 7.54. The Hall–Kier alpha value is -0.430. The zero-order chi connectivity index (χ0) is 12.5. The predicted octanol–water partition coefficient (Wildman–Crippen LogP) is 1.67. The number of nitrogens with zero attached hydrogens (tertiary/aromatic N) is 1. The Balaban J connectivity index is 2.22. The smallest absolute Gasteiger partial charge is 0.252 e. The number of hydrogen-bond acceptors (Lipinski definition) is 4. The molecule has 1 aromatic heterocycles. The number of rotatable bonds is 3. The highest BCUT2D eigenvalue weighted by Gasteiger charge is 2.34. The minimum absolute atomic E-state index is 0.282. The zero-order valence-corrected chi connectivity index (χ0v) is 11.4. The Morgan fingerprint density at radius 2 is 2.12 bits per heavy atom. The van der Waals surface area contributed by atoms with E-state index in [1.165, 1.54) is 15.6 Å². The van der Waals surface area contributed by atoms with Crippen LogP contribution in [0.5, 0.6) is 0 Å². The molecule has 2 unspecified atom stereocenters. The number of aliphatic hydroxyl groups is 1. The van der Waals surface area contributed by atoms with E-state index in [0.29, 0.717) is 10.6 Å². The van der Waals surface area contributed by atoms with Gasteiger partial charge in [0.05, 0.1) is 12.1 Å². The summed E-state index contributed by atoms with van der Waals surface area (Å²) in [6, 6.07) is 3.05. The molecule has 96 valence electrons. The van der Waals surface area contributed by atoms with Crippen LogP contribution in [0.15, 0.2) is 21.7 Å².